The number of halogens is 1. The summed E-state index contributed by atoms with van der Waals surface area (Å²) in [6.45, 7) is 0. The molecule has 2 aromatic rings. The number of benzene rings is 2. The summed E-state index contributed by atoms with van der Waals surface area (Å²) in [5, 5.41) is 9.90. The fourth-order valence-electron chi connectivity index (χ4n) is 3.83. The van der Waals surface area contributed by atoms with Gasteiger partial charge in [0.05, 0.1) is 11.0 Å². The van der Waals surface area contributed by atoms with Crippen LogP contribution in [0.3, 0.4) is 0 Å². The van der Waals surface area contributed by atoms with Crippen molar-refractivity contribution >= 4 is 5.97 Å². The van der Waals surface area contributed by atoms with Crippen LogP contribution >= 0.6 is 0 Å². The molecule has 0 bridgehead atoms. The summed E-state index contributed by atoms with van der Waals surface area (Å²) in [6, 6.07) is 15.7. The first-order valence-corrected chi connectivity index (χ1v) is 8.13. The fraction of sp³-hybridized carbons (Fsp3) is 0.350. The zero-order valence-electron chi connectivity index (χ0n) is 13.7. The van der Waals surface area contributed by atoms with Crippen LogP contribution in [0, 0.1) is 5.82 Å². The smallest absolute Gasteiger partial charge is 0.314 e. The Morgan fingerprint density at radius 3 is 2.04 bits per heavy atom. The third-order valence-electron chi connectivity index (χ3n) is 5.41. The molecular formula is C20H21FO3. The predicted molar refractivity (Wildman–Crippen MR) is 89.3 cm³/mol. The van der Waals surface area contributed by atoms with Gasteiger partial charge < -0.3 is 9.84 Å². The average molecular weight is 328 g/mol. The number of carboxylic acids is 1. The maximum Gasteiger partial charge on any atom is 0.314 e. The van der Waals surface area contributed by atoms with Crippen LogP contribution in [0.2, 0.25) is 0 Å². The van der Waals surface area contributed by atoms with Crippen LogP contribution in [0.15, 0.2) is 54.6 Å². The molecule has 4 heteroatoms. The Hall–Kier alpha value is -2.20. The highest BCUT2D eigenvalue weighted by atomic mass is 19.1. The van der Waals surface area contributed by atoms with Gasteiger partial charge in [0.15, 0.2) is 0 Å². The highest BCUT2D eigenvalue weighted by molar-refractivity contribution is 5.81. The second-order valence-electron chi connectivity index (χ2n) is 6.46. The Bertz CT molecular complexity index is 701. The van der Waals surface area contributed by atoms with Gasteiger partial charge in [-0.2, -0.15) is 0 Å². The van der Waals surface area contributed by atoms with Crippen LogP contribution in [-0.2, 0) is 20.5 Å². The molecule has 0 aliphatic heterocycles. The van der Waals surface area contributed by atoms with E-state index in [0.717, 1.165) is 11.1 Å². The van der Waals surface area contributed by atoms with Crippen molar-refractivity contribution in [2.75, 3.05) is 7.11 Å². The Labute approximate surface area is 141 Å². The zero-order chi connectivity index (χ0) is 17.2. The summed E-state index contributed by atoms with van der Waals surface area (Å²) in [7, 11) is 1.64. The molecule has 2 aromatic carbocycles. The van der Waals surface area contributed by atoms with Crippen LogP contribution in [-0.4, -0.2) is 18.2 Å². The molecule has 1 fully saturated rings. The zero-order valence-corrected chi connectivity index (χ0v) is 13.7. The topological polar surface area (TPSA) is 46.5 Å². The lowest BCUT2D eigenvalue weighted by Crippen LogP contribution is -2.45. The lowest BCUT2D eigenvalue weighted by atomic mass is 9.63. The molecule has 0 aromatic heterocycles. The number of hydrogen-bond donors (Lipinski definition) is 1. The molecule has 24 heavy (non-hydrogen) atoms. The molecular weight excluding hydrogens is 307 g/mol. The predicted octanol–water partition coefficient (Wildman–Crippen LogP) is 4.26. The highest BCUT2D eigenvalue weighted by Crippen LogP contribution is 2.49. The fourth-order valence-corrected chi connectivity index (χ4v) is 3.83. The van der Waals surface area contributed by atoms with Gasteiger partial charge in [-0.15, -0.1) is 0 Å². The lowest BCUT2D eigenvalue weighted by molar-refractivity contribution is -0.149. The quantitative estimate of drug-likeness (QED) is 0.912. The first-order valence-electron chi connectivity index (χ1n) is 8.13. The van der Waals surface area contributed by atoms with Crippen molar-refractivity contribution in [3.63, 3.8) is 0 Å². The van der Waals surface area contributed by atoms with Gasteiger partial charge in [0, 0.05) is 7.11 Å². The van der Waals surface area contributed by atoms with Gasteiger partial charge in [0.2, 0.25) is 0 Å². The average Bonchev–Trinajstić information content (AvgIpc) is 2.63. The molecule has 0 heterocycles. The van der Waals surface area contributed by atoms with Gasteiger partial charge in [-0.25, -0.2) is 4.39 Å². The number of aliphatic carboxylic acids is 1. The van der Waals surface area contributed by atoms with Crippen molar-refractivity contribution in [2.24, 2.45) is 0 Å². The first kappa shape index (κ1) is 16.7. The molecule has 0 radical (unpaired) electrons. The van der Waals surface area contributed by atoms with E-state index >= 15 is 0 Å². The molecule has 0 spiro atoms. The maximum atomic E-state index is 13.2. The number of carbonyl (C=O) groups is 1. The van der Waals surface area contributed by atoms with Crippen LogP contribution in [0.25, 0.3) is 0 Å². The van der Waals surface area contributed by atoms with E-state index in [4.69, 9.17) is 4.74 Å². The first-order chi connectivity index (χ1) is 11.5. The third kappa shape index (κ3) is 2.71. The van der Waals surface area contributed by atoms with Gasteiger partial charge in [-0.3, -0.25) is 4.79 Å². The summed E-state index contributed by atoms with van der Waals surface area (Å²) >= 11 is 0. The van der Waals surface area contributed by atoms with E-state index in [0.29, 0.717) is 25.7 Å². The Morgan fingerprint density at radius 1 is 0.958 bits per heavy atom. The van der Waals surface area contributed by atoms with Crippen molar-refractivity contribution < 1.29 is 19.0 Å². The van der Waals surface area contributed by atoms with Gasteiger partial charge in [0.1, 0.15) is 5.82 Å². The van der Waals surface area contributed by atoms with Gasteiger partial charge in [0.25, 0.3) is 0 Å². The Morgan fingerprint density at radius 2 is 1.54 bits per heavy atom. The standard InChI is InChI=1S/C20H21FO3/c1-24-20(16-7-9-17(21)10-8-16)13-11-19(12-14-20,18(22)23)15-5-3-2-4-6-15/h2-10H,11-14H2,1H3,(H,22,23). The van der Waals surface area contributed by atoms with E-state index in [1.54, 1.807) is 19.2 Å². The third-order valence-corrected chi connectivity index (χ3v) is 5.41. The van der Waals surface area contributed by atoms with Gasteiger partial charge in [-0.1, -0.05) is 42.5 Å². The molecule has 0 unspecified atom stereocenters. The van der Waals surface area contributed by atoms with E-state index in [1.165, 1.54) is 12.1 Å². The summed E-state index contributed by atoms with van der Waals surface area (Å²) in [4.78, 5) is 12.1. The molecule has 1 N–H and O–H groups in total. The molecule has 0 atom stereocenters. The SMILES string of the molecule is COC1(c2ccc(F)cc2)CCC(C(=O)O)(c2ccccc2)CC1. The van der Waals surface area contributed by atoms with Crippen molar-refractivity contribution in [3.05, 3.63) is 71.5 Å². The maximum absolute atomic E-state index is 13.2. The molecule has 1 aliphatic carbocycles. The molecule has 3 nitrogen and oxygen atoms in total. The van der Waals surface area contributed by atoms with Gasteiger partial charge >= 0.3 is 5.97 Å². The number of ether oxygens (including phenoxy) is 1. The molecule has 126 valence electrons. The van der Waals surface area contributed by atoms with Crippen molar-refractivity contribution in [1.29, 1.82) is 0 Å². The van der Waals surface area contributed by atoms with Crippen molar-refractivity contribution in [2.45, 2.75) is 36.7 Å². The summed E-state index contributed by atoms with van der Waals surface area (Å²) < 4.78 is 19.0. The molecule has 0 amide bonds. The van der Waals surface area contributed by atoms with Crippen molar-refractivity contribution in [1.82, 2.24) is 0 Å². The molecule has 1 aliphatic rings. The second kappa shape index (κ2) is 6.36. The normalized spacial score (nSPS) is 26.9. The minimum Gasteiger partial charge on any atom is -0.481 e. The van der Waals surface area contributed by atoms with Gasteiger partial charge in [-0.05, 0) is 48.9 Å². The van der Waals surface area contributed by atoms with E-state index in [2.05, 4.69) is 0 Å². The van der Waals surface area contributed by atoms with E-state index < -0.39 is 17.0 Å². The largest absolute Gasteiger partial charge is 0.481 e. The Kier molecular flexibility index (Phi) is 4.41. The molecule has 0 saturated heterocycles. The van der Waals surface area contributed by atoms with Crippen LogP contribution in [0.1, 0.15) is 36.8 Å². The summed E-state index contributed by atoms with van der Waals surface area (Å²) in [6.07, 6.45) is 2.13. The molecule has 3 rings (SSSR count). The number of rotatable bonds is 4. The summed E-state index contributed by atoms with van der Waals surface area (Å²) in [5.74, 6) is -1.08. The Balaban J connectivity index is 1.92. The monoisotopic (exact) mass is 328 g/mol. The van der Waals surface area contributed by atoms with Crippen LogP contribution in [0.4, 0.5) is 4.39 Å². The van der Waals surface area contributed by atoms with E-state index in [1.807, 2.05) is 30.3 Å². The van der Waals surface area contributed by atoms with E-state index in [-0.39, 0.29) is 5.82 Å². The highest BCUT2D eigenvalue weighted by Gasteiger charge is 2.49. The number of methoxy groups -OCH3 is 1. The minimum atomic E-state index is -0.886. The molecule has 1 saturated carbocycles. The van der Waals surface area contributed by atoms with Crippen LogP contribution in [0.5, 0.6) is 0 Å². The number of hydrogen-bond acceptors (Lipinski definition) is 2. The minimum absolute atomic E-state index is 0.287. The van der Waals surface area contributed by atoms with E-state index in [9.17, 15) is 14.3 Å². The number of carboxylic acid groups (broad SMARTS) is 1. The van der Waals surface area contributed by atoms with Crippen molar-refractivity contribution in [3.8, 4) is 0 Å². The summed E-state index contributed by atoms with van der Waals surface area (Å²) in [5.41, 5.74) is 0.296. The second-order valence-corrected chi connectivity index (χ2v) is 6.46. The van der Waals surface area contributed by atoms with Crippen LogP contribution < -0.4 is 0 Å². The lowest BCUT2D eigenvalue weighted by Gasteiger charge is -2.44.